The molecule has 0 heterocycles. The highest BCUT2D eigenvalue weighted by atomic mass is 15.2. The van der Waals surface area contributed by atoms with Crippen molar-refractivity contribution in [2.45, 2.75) is 70.8 Å². The third-order valence-corrected chi connectivity index (χ3v) is 4.19. The van der Waals surface area contributed by atoms with Crippen LogP contribution in [0.2, 0.25) is 0 Å². The van der Waals surface area contributed by atoms with Crippen molar-refractivity contribution >= 4 is 0 Å². The number of hydrogen-bond donors (Lipinski definition) is 2. The Hall–Kier alpha value is -0.340. The van der Waals surface area contributed by atoms with Crippen molar-refractivity contribution < 1.29 is 0 Å². The molecule has 0 aromatic heterocycles. The molecule has 0 radical (unpaired) electrons. The fourth-order valence-electron chi connectivity index (χ4n) is 2.98. The number of rotatable bonds is 8. The molecule has 1 aliphatic rings. The molecule has 0 aliphatic heterocycles. The summed E-state index contributed by atoms with van der Waals surface area (Å²) in [7, 11) is 0. The minimum absolute atomic E-state index is 0.452. The normalized spacial score (nSPS) is 20.9. The standard InChI is InChI=1S/C14H28N2/c1-3-4-5-6-7-10-13(16-15)14(2)11-8-9-12-14/h3,13,16H,1,4-12,15H2,2H3. The molecule has 3 N–H and O–H groups in total. The second-order valence-corrected chi connectivity index (χ2v) is 5.51. The van der Waals surface area contributed by atoms with Gasteiger partial charge < -0.3 is 0 Å². The first-order chi connectivity index (χ1) is 7.73. The van der Waals surface area contributed by atoms with Crippen LogP contribution in [0.5, 0.6) is 0 Å². The summed E-state index contributed by atoms with van der Waals surface area (Å²) in [4.78, 5) is 0. The highest BCUT2D eigenvalue weighted by Gasteiger charge is 2.35. The second-order valence-electron chi connectivity index (χ2n) is 5.51. The van der Waals surface area contributed by atoms with Gasteiger partial charge in [-0.15, -0.1) is 6.58 Å². The molecule has 0 aromatic rings. The van der Waals surface area contributed by atoms with Crippen LogP contribution in [0.3, 0.4) is 0 Å². The molecule has 0 amide bonds. The Labute approximate surface area is 101 Å². The van der Waals surface area contributed by atoms with Gasteiger partial charge in [0.1, 0.15) is 0 Å². The van der Waals surface area contributed by atoms with Crippen molar-refractivity contribution in [1.29, 1.82) is 0 Å². The van der Waals surface area contributed by atoms with Gasteiger partial charge in [0.25, 0.3) is 0 Å². The molecule has 0 saturated heterocycles. The van der Waals surface area contributed by atoms with E-state index in [1.165, 1.54) is 51.4 Å². The molecule has 0 spiro atoms. The lowest BCUT2D eigenvalue weighted by Crippen LogP contribution is -2.45. The zero-order chi connectivity index (χ0) is 11.9. The largest absolute Gasteiger partial charge is 0.271 e. The van der Waals surface area contributed by atoms with Gasteiger partial charge in [-0.2, -0.15) is 0 Å². The minimum Gasteiger partial charge on any atom is -0.271 e. The van der Waals surface area contributed by atoms with Crippen LogP contribution in [0.1, 0.15) is 64.7 Å². The lowest BCUT2D eigenvalue weighted by molar-refractivity contribution is 0.207. The fraction of sp³-hybridized carbons (Fsp3) is 0.857. The molecule has 1 saturated carbocycles. The molecule has 0 aromatic carbocycles. The molecule has 2 heteroatoms. The quantitative estimate of drug-likeness (QED) is 0.286. The molecule has 16 heavy (non-hydrogen) atoms. The zero-order valence-electron chi connectivity index (χ0n) is 10.8. The van der Waals surface area contributed by atoms with E-state index in [4.69, 9.17) is 5.84 Å². The van der Waals surface area contributed by atoms with Gasteiger partial charge in [0, 0.05) is 6.04 Å². The number of nitrogens with two attached hydrogens (primary N) is 1. The van der Waals surface area contributed by atoms with E-state index >= 15 is 0 Å². The van der Waals surface area contributed by atoms with Crippen LogP contribution in [0, 0.1) is 5.41 Å². The summed E-state index contributed by atoms with van der Waals surface area (Å²) in [6.45, 7) is 6.15. The van der Waals surface area contributed by atoms with E-state index in [1.807, 2.05) is 6.08 Å². The van der Waals surface area contributed by atoms with E-state index in [1.54, 1.807) is 0 Å². The zero-order valence-corrected chi connectivity index (χ0v) is 10.8. The number of allylic oxidation sites excluding steroid dienone is 1. The highest BCUT2D eigenvalue weighted by Crippen LogP contribution is 2.41. The van der Waals surface area contributed by atoms with Gasteiger partial charge in [0.05, 0.1) is 0 Å². The van der Waals surface area contributed by atoms with Crippen molar-refractivity contribution in [3.63, 3.8) is 0 Å². The van der Waals surface area contributed by atoms with Crippen molar-refractivity contribution in [3.8, 4) is 0 Å². The first kappa shape index (κ1) is 13.7. The van der Waals surface area contributed by atoms with Gasteiger partial charge >= 0.3 is 0 Å². The summed E-state index contributed by atoms with van der Waals surface area (Å²) in [5.41, 5.74) is 3.51. The van der Waals surface area contributed by atoms with E-state index in [2.05, 4.69) is 18.9 Å². The fourth-order valence-corrected chi connectivity index (χ4v) is 2.98. The lowest BCUT2D eigenvalue weighted by atomic mass is 9.78. The summed E-state index contributed by atoms with van der Waals surface area (Å²) >= 11 is 0. The smallest absolute Gasteiger partial charge is 0.0264 e. The Kier molecular flexibility index (Phi) is 6.07. The molecule has 0 bridgehead atoms. The van der Waals surface area contributed by atoms with Crippen LogP contribution in [-0.2, 0) is 0 Å². The first-order valence-corrected chi connectivity index (χ1v) is 6.80. The Bertz CT molecular complexity index is 195. The predicted octanol–water partition coefficient (Wildman–Crippen LogP) is 3.54. The molecule has 1 fully saturated rings. The van der Waals surface area contributed by atoms with E-state index in [-0.39, 0.29) is 0 Å². The van der Waals surface area contributed by atoms with Gasteiger partial charge in [-0.3, -0.25) is 11.3 Å². The molecule has 1 atom stereocenters. The Balaban J connectivity index is 2.23. The van der Waals surface area contributed by atoms with E-state index < -0.39 is 0 Å². The van der Waals surface area contributed by atoms with Gasteiger partial charge in [-0.25, -0.2) is 0 Å². The maximum absolute atomic E-state index is 5.71. The van der Waals surface area contributed by atoms with Gasteiger partial charge in [0.2, 0.25) is 0 Å². The van der Waals surface area contributed by atoms with Crippen molar-refractivity contribution in [3.05, 3.63) is 12.7 Å². The molecule has 1 unspecified atom stereocenters. The van der Waals surface area contributed by atoms with Crippen LogP contribution >= 0.6 is 0 Å². The average molecular weight is 224 g/mol. The van der Waals surface area contributed by atoms with E-state index in [0.29, 0.717) is 11.5 Å². The predicted molar refractivity (Wildman–Crippen MR) is 71.0 cm³/mol. The van der Waals surface area contributed by atoms with Crippen molar-refractivity contribution in [2.75, 3.05) is 0 Å². The van der Waals surface area contributed by atoms with Crippen molar-refractivity contribution in [2.24, 2.45) is 11.3 Å². The SMILES string of the molecule is C=CCCCCCC(NN)C1(C)CCCC1. The summed E-state index contributed by atoms with van der Waals surface area (Å²) in [5.74, 6) is 5.71. The monoisotopic (exact) mass is 224 g/mol. The van der Waals surface area contributed by atoms with Gasteiger partial charge in [-0.05, 0) is 37.5 Å². The topological polar surface area (TPSA) is 38.0 Å². The van der Waals surface area contributed by atoms with Crippen LogP contribution in [-0.4, -0.2) is 6.04 Å². The van der Waals surface area contributed by atoms with E-state index in [0.717, 1.165) is 6.42 Å². The Morgan fingerprint density at radius 1 is 1.31 bits per heavy atom. The third-order valence-electron chi connectivity index (χ3n) is 4.19. The molecule has 1 aliphatic carbocycles. The minimum atomic E-state index is 0.452. The summed E-state index contributed by atoms with van der Waals surface area (Å²) in [6.07, 6.45) is 13.7. The summed E-state index contributed by atoms with van der Waals surface area (Å²) < 4.78 is 0. The van der Waals surface area contributed by atoms with Gasteiger partial charge in [0.15, 0.2) is 0 Å². The van der Waals surface area contributed by atoms with Crippen molar-refractivity contribution in [1.82, 2.24) is 5.43 Å². The Morgan fingerprint density at radius 2 is 2.00 bits per heavy atom. The number of unbranched alkanes of at least 4 members (excludes halogenated alkanes) is 3. The summed E-state index contributed by atoms with van der Waals surface area (Å²) in [5, 5.41) is 0. The molecule has 2 nitrogen and oxygen atoms in total. The molecule has 1 rings (SSSR count). The summed E-state index contributed by atoms with van der Waals surface area (Å²) in [6, 6.07) is 0.513. The number of nitrogens with one attached hydrogen (secondary N) is 1. The van der Waals surface area contributed by atoms with Crippen LogP contribution < -0.4 is 11.3 Å². The second kappa shape index (κ2) is 7.08. The molecule has 94 valence electrons. The van der Waals surface area contributed by atoms with Crippen LogP contribution in [0.4, 0.5) is 0 Å². The van der Waals surface area contributed by atoms with Crippen LogP contribution in [0.15, 0.2) is 12.7 Å². The Morgan fingerprint density at radius 3 is 2.56 bits per heavy atom. The maximum Gasteiger partial charge on any atom is 0.0264 e. The third kappa shape index (κ3) is 3.91. The maximum atomic E-state index is 5.71. The lowest BCUT2D eigenvalue weighted by Gasteiger charge is -2.33. The average Bonchev–Trinajstić information content (AvgIpc) is 2.71. The first-order valence-electron chi connectivity index (χ1n) is 6.80. The molecular weight excluding hydrogens is 196 g/mol. The molecular formula is C14H28N2. The van der Waals surface area contributed by atoms with Gasteiger partial charge in [-0.1, -0.05) is 38.7 Å². The van der Waals surface area contributed by atoms with E-state index in [9.17, 15) is 0 Å². The highest BCUT2D eigenvalue weighted by molar-refractivity contribution is 4.90. The number of hydrazine groups is 1. The number of hydrogen-bond acceptors (Lipinski definition) is 2. The van der Waals surface area contributed by atoms with Crippen LogP contribution in [0.25, 0.3) is 0 Å².